The highest BCUT2D eigenvalue weighted by Crippen LogP contribution is 2.27. The summed E-state index contributed by atoms with van der Waals surface area (Å²) in [6.07, 6.45) is 5.45. The molecule has 2 aliphatic rings. The summed E-state index contributed by atoms with van der Waals surface area (Å²) in [7, 11) is 0. The largest absolute Gasteiger partial charge is 0.357 e. The van der Waals surface area contributed by atoms with Crippen LogP contribution in [0.2, 0.25) is 0 Å². The Morgan fingerprint density at radius 3 is 2.50 bits per heavy atom. The fraction of sp³-hybridized carbons (Fsp3) is 0.938. The van der Waals surface area contributed by atoms with E-state index in [4.69, 9.17) is 4.99 Å². The van der Waals surface area contributed by atoms with E-state index >= 15 is 0 Å². The van der Waals surface area contributed by atoms with Crippen LogP contribution in [0.3, 0.4) is 0 Å². The summed E-state index contributed by atoms with van der Waals surface area (Å²) < 4.78 is 0. The van der Waals surface area contributed by atoms with Crippen LogP contribution in [0, 0.1) is 11.8 Å². The summed E-state index contributed by atoms with van der Waals surface area (Å²) in [5, 5.41) is 6.82. The average molecular weight is 280 g/mol. The van der Waals surface area contributed by atoms with Crippen LogP contribution in [0.5, 0.6) is 0 Å². The zero-order valence-corrected chi connectivity index (χ0v) is 13.5. The van der Waals surface area contributed by atoms with E-state index in [2.05, 4.69) is 36.3 Å². The molecule has 0 aromatic heterocycles. The minimum atomic E-state index is 0.555. The number of aliphatic imine (C=N–C) groups is 1. The quantitative estimate of drug-likeness (QED) is 0.578. The molecule has 2 rings (SSSR count). The first-order chi connectivity index (χ1) is 9.69. The summed E-state index contributed by atoms with van der Waals surface area (Å²) in [6.45, 7) is 12.2. The molecule has 0 aromatic carbocycles. The van der Waals surface area contributed by atoms with Gasteiger partial charge < -0.3 is 10.6 Å². The van der Waals surface area contributed by atoms with E-state index < -0.39 is 0 Å². The van der Waals surface area contributed by atoms with Gasteiger partial charge in [-0.2, -0.15) is 0 Å². The number of guanidine groups is 1. The first kappa shape index (κ1) is 15.6. The van der Waals surface area contributed by atoms with Crippen LogP contribution in [0.4, 0.5) is 0 Å². The van der Waals surface area contributed by atoms with Crippen molar-refractivity contribution in [3.63, 3.8) is 0 Å². The van der Waals surface area contributed by atoms with Gasteiger partial charge >= 0.3 is 0 Å². The van der Waals surface area contributed by atoms with Crippen LogP contribution in [0.15, 0.2) is 4.99 Å². The molecule has 1 aliphatic heterocycles. The minimum absolute atomic E-state index is 0.555. The minimum Gasteiger partial charge on any atom is -0.357 e. The van der Waals surface area contributed by atoms with Crippen LogP contribution in [-0.4, -0.2) is 49.6 Å². The van der Waals surface area contributed by atoms with Gasteiger partial charge in [-0.1, -0.05) is 6.92 Å². The molecule has 4 nitrogen and oxygen atoms in total. The standard InChI is InChI=1S/C16H32N4/c1-4-17-16(19-12-15-5-6-15)18-11-14(3)20-9-7-13(2)8-10-20/h13-15H,4-12H2,1-3H3,(H2,17,18,19). The van der Waals surface area contributed by atoms with Crippen LogP contribution >= 0.6 is 0 Å². The Hall–Kier alpha value is -0.770. The van der Waals surface area contributed by atoms with Crippen LogP contribution in [-0.2, 0) is 0 Å². The molecule has 2 N–H and O–H groups in total. The molecule has 1 unspecified atom stereocenters. The van der Waals surface area contributed by atoms with Gasteiger partial charge in [0, 0.05) is 19.1 Å². The Bertz CT molecular complexity index is 304. The second-order valence-electron chi connectivity index (χ2n) is 6.61. The van der Waals surface area contributed by atoms with Crippen molar-refractivity contribution in [1.82, 2.24) is 15.5 Å². The molecule has 0 spiro atoms. The van der Waals surface area contributed by atoms with Gasteiger partial charge in [-0.05, 0) is 64.5 Å². The molecular weight excluding hydrogens is 248 g/mol. The van der Waals surface area contributed by atoms with Crippen LogP contribution < -0.4 is 10.6 Å². The van der Waals surface area contributed by atoms with Gasteiger partial charge in [-0.15, -0.1) is 0 Å². The van der Waals surface area contributed by atoms with Crippen LogP contribution in [0.25, 0.3) is 0 Å². The van der Waals surface area contributed by atoms with Crippen molar-refractivity contribution < 1.29 is 0 Å². The van der Waals surface area contributed by atoms with Crippen molar-refractivity contribution in [1.29, 1.82) is 0 Å². The third kappa shape index (κ3) is 5.31. The van der Waals surface area contributed by atoms with Gasteiger partial charge in [-0.3, -0.25) is 9.89 Å². The number of nitrogens with one attached hydrogen (secondary N) is 2. The molecule has 1 atom stereocenters. The van der Waals surface area contributed by atoms with E-state index in [1.807, 2.05) is 0 Å². The van der Waals surface area contributed by atoms with Crippen molar-refractivity contribution in [2.45, 2.75) is 52.5 Å². The van der Waals surface area contributed by atoms with Gasteiger partial charge in [0.2, 0.25) is 0 Å². The zero-order valence-electron chi connectivity index (χ0n) is 13.5. The average Bonchev–Trinajstić information content (AvgIpc) is 3.26. The number of rotatable bonds is 6. The summed E-state index contributed by atoms with van der Waals surface area (Å²) in [5.74, 6) is 2.79. The third-order valence-electron chi connectivity index (χ3n) is 4.55. The van der Waals surface area contributed by atoms with Crippen LogP contribution in [0.1, 0.15) is 46.5 Å². The van der Waals surface area contributed by atoms with Crippen molar-refractivity contribution in [3.8, 4) is 0 Å². The lowest BCUT2D eigenvalue weighted by atomic mass is 9.98. The number of likely N-dealkylation sites (tertiary alicyclic amines) is 1. The fourth-order valence-electron chi connectivity index (χ4n) is 2.71. The molecule has 116 valence electrons. The first-order valence-corrected chi connectivity index (χ1v) is 8.45. The molecule has 1 heterocycles. The summed E-state index contributed by atoms with van der Waals surface area (Å²) in [4.78, 5) is 7.35. The molecule has 20 heavy (non-hydrogen) atoms. The predicted molar refractivity (Wildman–Crippen MR) is 86.1 cm³/mol. The summed E-state index contributed by atoms with van der Waals surface area (Å²) in [6, 6.07) is 0.555. The Kier molecular flexibility index (Phi) is 6.14. The van der Waals surface area contributed by atoms with Crippen molar-refractivity contribution in [3.05, 3.63) is 0 Å². The normalized spacial score (nSPS) is 23.6. The molecular formula is C16H32N4. The smallest absolute Gasteiger partial charge is 0.191 e. The van der Waals surface area contributed by atoms with Crippen molar-refractivity contribution in [2.75, 3.05) is 32.7 Å². The second kappa shape index (κ2) is 7.87. The highest BCUT2D eigenvalue weighted by Gasteiger charge is 2.22. The molecule has 0 amide bonds. The highest BCUT2D eigenvalue weighted by molar-refractivity contribution is 5.79. The summed E-state index contributed by atoms with van der Waals surface area (Å²) in [5.41, 5.74) is 0. The second-order valence-corrected chi connectivity index (χ2v) is 6.61. The lowest BCUT2D eigenvalue weighted by molar-refractivity contribution is 0.150. The van der Waals surface area contributed by atoms with E-state index in [0.29, 0.717) is 6.04 Å². The monoisotopic (exact) mass is 280 g/mol. The molecule has 1 aliphatic carbocycles. The van der Waals surface area contributed by atoms with Gasteiger partial charge in [0.1, 0.15) is 0 Å². The maximum Gasteiger partial charge on any atom is 0.191 e. The van der Waals surface area contributed by atoms with Gasteiger partial charge in [0.25, 0.3) is 0 Å². The van der Waals surface area contributed by atoms with Crippen molar-refractivity contribution >= 4 is 5.96 Å². The molecule has 0 radical (unpaired) electrons. The molecule has 1 saturated carbocycles. The maximum absolute atomic E-state index is 4.76. The molecule has 4 heteroatoms. The first-order valence-electron chi connectivity index (χ1n) is 8.45. The summed E-state index contributed by atoms with van der Waals surface area (Å²) >= 11 is 0. The SMILES string of the molecule is CCNC(=NCC(C)N1CCC(C)CC1)NCC1CC1. The number of nitrogens with zero attached hydrogens (tertiary/aromatic N) is 2. The lowest BCUT2D eigenvalue weighted by Gasteiger charge is -2.34. The van der Waals surface area contributed by atoms with Gasteiger partial charge in [-0.25, -0.2) is 0 Å². The Morgan fingerprint density at radius 1 is 1.20 bits per heavy atom. The Labute approximate surface area is 124 Å². The molecule has 0 bridgehead atoms. The number of piperidine rings is 1. The zero-order chi connectivity index (χ0) is 14.4. The molecule has 2 fully saturated rings. The third-order valence-corrected chi connectivity index (χ3v) is 4.55. The Balaban J connectivity index is 1.74. The Morgan fingerprint density at radius 2 is 1.90 bits per heavy atom. The number of hydrogen-bond donors (Lipinski definition) is 2. The lowest BCUT2D eigenvalue weighted by Crippen LogP contribution is -2.43. The fourth-order valence-corrected chi connectivity index (χ4v) is 2.71. The van der Waals surface area contributed by atoms with E-state index in [0.717, 1.165) is 37.4 Å². The highest BCUT2D eigenvalue weighted by atomic mass is 15.2. The van der Waals surface area contributed by atoms with Crippen molar-refractivity contribution in [2.24, 2.45) is 16.8 Å². The molecule has 1 saturated heterocycles. The van der Waals surface area contributed by atoms with E-state index in [-0.39, 0.29) is 0 Å². The maximum atomic E-state index is 4.76. The topological polar surface area (TPSA) is 39.7 Å². The van der Waals surface area contributed by atoms with E-state index in [9.17, 15) is 0 Å². The van der Waals surface area contributed by atoms with Gasteiger partial charge in [0.15, 0.2) is 5.96 Å². The number of hydrogen-bond acceptors (Lipinski definition) is 2. The van der Waals surface area contributed by atoms with E-state index in [1.54, 1.807) is 0 Å². The van der Waals surface area contributed by atoms with Gasteiger partial charge in [0.05, 0.1) is 6.54 Å². The van der Waals surface area contributed by atoms with E-state index in [1.165, 1.54) is 38.8 Å². The molecule has 0 aromatic rings. The predicted octanol–water partition coefficient (Wildman–Crippen LogP) is 2.07.